The van der Waals surface area contributed by atoms with E-state index < -0.39 is 0 Å². The Balaban J connectivity index is 1.93. The third-order valence-corrected chi connectivity index (χ3v) is 3.95. The first-order valence-electron chi connectivity index (χ1n) is 7.21. The minimum Gasteiger partial charge on any atom is -0.378 e. The van der Waals surface area contributed by atoms with E-state index in [4.69, 9.17) is 4.74 Å². The van der Waals surface area contributed by atoms with Crippen molar-refractivity contribution in [3.05, 3.63) is 35.4 Å². The average molecular weight is 276 g/mol. The third-order valence-electron chi connectivity index (χ3n) is 3.95. The van der Waals surface area contributed by atoms with Crippen LogP contribution < -0.4 is 5.32 Å². The zero-order chi connectivity index (χ0) is 14.5. The summed E-state index contributed by atoms with van der Waals surface area (Å²) in [7, 11) is 1.87. The van der Waals surface area contributed by atoms with Crippen LogP contribution >= 0.6 is 0 Å². The molecular weight excluding hydrogens is 252 g/mol. The van der Waals surface area contributed by atoms with Crippen molar-refractivity contribution in [3.8, 4) is 0 Å². The predicted molar refractivity (Wildman–Crippen MR) is 79.6 cm³/mol. The fourth-order valence-electron chi connectivity index (χ4n) is 2.39. The first kappa shape index (κ1) is 15.0. The molecule has 4 nitrogen and oxygen atoms in total. The maximum absolute atomic E-state index is 12.3. The summed E-state index contributed by atoms with van der Waals surface area (Å²) in [5.41, 5.74) is 2.40. The molecular formula is C16H24N2O2. The quantitative estimate of drug-likeness (QED) is 0.913. The van der Waals surface area contributed by atoms with Gasteiger partial charge in [0, 0.05) is 26.1 Å². The van der Waals surface area contributed by atoms with E-state index >= 15 is 0 Å². The van der Waals surface area contributed by atoms with Crippen LogP contribution in [-0.4, -0.2) is 43.7 Å². The van der Waals surface area contributed by atoms with Gasteiger partial charge in [0.25, 0.3) is 0 Å². The molecule has 1 amide bonds. The summed E-state index contributed by atoms with van der Waals surface area (Å²) >= 11 is 0. The summed E-state index contributed by atoms with van der Waals surface area (Å²) in [6.07, 6.45) is 0.493. The van der Waals surface area contributed by atoms with Crippen molar-refractivity contribution in [1.82, 2.24) is 10.2 Å². The van der Waals surface area contributed by atoms with Crippen molar-refractivity contribution in [2.24, 2.45) is 0 Å². The molecule has 4 heteroatoms. The third kappa shape index (κ3) is 3.81. The largest absolute Gasteiger partial charge is 0.378 e. The molecule has 1 aromatic rings. The molecule has 2 unspecified atom stereocenters. The van der Waals surface area contributed by atoms with Crippen LogP contribution in [-0.2, 0) is 9.53 Å². The zero-order valence-electron chi connectivity index (χ0n) is 12.6. The SMILES string of the molecule is Cc1ccc(C(C)N(C)C(=O)CC2COCCN2)cc1. The van der Waals surface area contributed by atoms with Crippen LogP contribution in [0.25, 0.3) is 0 Å². The maximum atomic E-state index is 12.3. The van der Waals surface area contributed by atoms with Crippen LogP contribution in [0.1, 0.15) is 30.5 Å². The molecule has 110 valence electrons. The molecule has 0 spiro atoms. The van der Waals surface area contributed by atoms with Crippen LogP contribution in [0.4, 0.5) is 0 Å². The standard InChI is InChI=1S/C16H24N2O2/c1-12-4-6-14(7-5-12)13(2)18(3)16(19)10-15-11-20-9-8-17-15/h4-7,13,15,17H,8-11H2,1-3H3. The highest BCUT2D eigenvalue weighted by molar-refractivity contribution is 5.77. The Morgan fingerprint density at radius 3 is 2.75 bits per heavy atom. The number of hydrogen-bond acceptors (Lipinski definition) is 3. The van der Waals surface area contributed by atoms with Crippen LogP contribution in [0.5, 0.6) is 0 Å². The summed E-state index contributed by atoms with van der Waals surface area (Å²) in [6.45, 7) is 6.32. The number of nitrogens with zero attached hydrogens (tertiary/aromatic N) is 1. The minimum atomic E-state index is 0.0904. The van der Waals surface area contributed by atoms with Crippen molar-refractivity contribution in [1.29, 1.82) is 0 Å². The first-order valence-corrected chi connectivity index (χ1v) is 7.21. The molecule has 1 heterocycles. The van der Waals surface area contributed by atoms with Crippen molar-refractivity contribution in [3.63, 3.8) is 0 Å². The molecule has 1 N–H and O–H groups in total. The molecule has 1 aromatic carbocycles. The average Bonchev–Trinajstić information content (AvgIpc) is 2.47. The molecule has 0 aliphatic carbocycles. The number of carbonyl (C=O) groups excluding carboxylic acids is 1. The lowest BCUT2D eigenvalue weighted by Gasteiger charge is -2.29. The van der Waals surface area contributed by atoms with Crippen molar-refractivity contribution >= 4 is 5.91 Å². The van der Waals surface area contributed by atoms with Crippen LogP contribution in [0.15, 0.2) is 24.3 Å². The summed E-state index contributed by atoms with van der Waals surface area (Å²) in [6, 6.07) is 8.58. The number of rotatable bonds is 4. The number of morpholine rings is 1. The van der Waals surface area contributed by atoms with E-state index in [-0.39, 0.29) is 18.0 Å². The molecule has 0 aromatic heterocycles. The lowest BCUT2D eigenvalue weighted by Crippen LogP contribution is -2.44. The molecule has 1 aliphatic rings. The van der Waals surface area contributed by atoms with E-state index in [1.807, 2.05) is 11.9 Å². The Bertz CT molecular complexity index is 438. The van der Waals surface area contributed by atoms with Gasteiger partial charge in [-0.05, 0) is 19.4 Å². The Kier molecular flexibility index (Phi) is 5.15. The molecule has 1 saturated heterocycles. The van der Waals surface area contributed by atoms with Gasteiger partial charge in [0.1, 0.15) is 0 Å². The smallest absolute Gasteiger partial charge is 0.224 e. The summed E-state index contributed by atoms with van der Waals surface area (Å²) < 4.78 is 5.39. The van der Waals surface area contributed by atoms with Crippen LogP contribution in [0.2, 0.25) is 0 Å². The number of amides is 1. The van der Waals surface area contributed by atoms with E-state index in [2.05, 4.69) is 43.4 Å². The Morgan fingerprint density at radius 2 is 2.15 bits per heavy atom. The molecule has 0 radical (unpaired) electrons. The van der Waals surface area contributed by atoms with Crippen molar-refractivity contribution in [2.45, 2.75) is 32.4 Å². The monoisotopic (exact) mass is 276 g/mol. The van der Waals surface area contributed by atoms with Gasteiger partial charge >= 0.3 is 0 Å². The number of carbonyl (C=O) groups is 1. The van der Waals surface area contributed by atoms with Gasteiger partial charge in [0.2, 0.25) is 5.91 Å². The van der Waals surface area contributed by atoms with Gasteiger partial charge in [-0.2, -0.15) is 0 Å². The van der Waals surface area contributed by atoms with Gasteiger partial charge in [-0.15, -0.1) is 0 Å². The van der Waals surface area contributed by atoms with Gasteiger partial charge < -0.3 is 15.0 Å². The van der Waals surface area contributed by atoms with Crippen molar-refractivity contribution < 1.29 is 9.53 Å². The van der Waals surface area contributed by atoms with Gasteiger partial charge in [-0.1, -0.05) is 29.8 Å². The summed E-state index contributed by atoms with van der Waals surface area (Å²) in [4.78, 5) is 14.1. The second-order valence-corrected chi connectivity index (χ2v) is 5.52. The summed E-state index contributed by atoms with van der Waals surface area (Å²) in [5.74, 6) is 0.154. The first-order chi connectivity index (χ1) is 9.58. The van der Waals surface area contributed by atoms with E-state index in [0.717, 1.165) is 13.2 Å². The number of ether oxygens (including phenoxy) is 1. The molecule has 2 rings (SSSR count). The van der Waals surface area contributed by atoms with Gasteiger partial charge in [0.05, 0.1) is 19.3 Å². The second kappa shape index (κ2) is 6.86. The lowest BCUT2D eigenvalue weighted by molar-refractivity contribution is -0.133. The van der Waals surface area contributed by atoms with Gasteiger partial charge in [0.15, 0.2) is 0 Å². The maximum Gasteiger partial charge on any atom is 0.224 e. The fourth-order valence-corrected chi connectivity index (χ4v) is 2.39. The topological polar surface area (TPSA) is 41.6 Å². The molecule has 20 heavy (non-hydrogen) atoms. The van der Waals surface area contributed by atoms with E-state index in [1.54, 1.807) is 0 Å². The highest BCUT2D eigenvalue weighted by Gasteiger charge is 2.22. The van der Waals surface area contributed by atoms with Gasteiger partial charge in [-0.25, -0.2) is 0 Å². The lowest BCUT2D eigenvalue weighted by atomic mass is 10.0. The van der Waals surface area contributed by atoms with E-state index in [1.165, 1.54) is 11.1 Å². The molecule has 1 aliphatic heterocycles. The number of benzene rings is 1. The highest BCUT2D eigenvalue weighted by Crippen LogP contribution is 2.20. The molecule has 2 atom stereocenters. The number of hydrogen-bond donors (Lipinski definition) is 1. The van der Waals surface area contributed by atoms with Gasteiger partial charge in [-0.3, -0.25) is 4.79 Å². The van der Waals surface area contributed by atoms with Crippen molar-refractivity contribution in [2.75, 3.05) is 26.8 Å². The summed E-state index contributed by atoms with van der Waals surface area (Å²) in [5, 5.41) is 3.32. The molecule has 1 fully saturated rings. The molecule has 0 saturated carbocycles. The van der Waals surface area contributed by atoms with Crippen LogP contribution in [0, 0.1) is 6.92 Å². The fraction of sp³-hybridized carbons (Fsp3) is 0.562. The second-order valence-electron chi connectivity index (χ2n) is 5.52. The Morgan fingerprint density at radius 1 is 1.45 bits per heavy atom. The predicted octanol–water partition coefficient (Wildman–Crippen LogP) is 1.89. The van der Waals surface area contributed by atoms with E-state index in [9.17, 15) is 4.79 Å². The number of aryl methyl sites for hydroxylation is 1. The van der Waals surface area contributed by atoms with Crippen LogP contribution in [0.3, 0.4) is 0 Å². The molecule has 0 bridgehead atoms. The Hall–Kier alpha value is -1.39. The van der Waals surface area contributed by atoms with E-state index in [0.29, 0.717) is 13.0 Å². The number of nitrogens with one attached hydrogen (secondary N) is 1. The normalized spacial score (nSPS) is 20.4. The minimum absolute atomic E-state index is 0.0904. The zero-order valence-corrected chi connectivity index (χ0v) is 12.6. The highest BCUT2D eigenvalue weighted by atomic mass is 16.5. The Labute approximate surface area is 121 Å².